The zero-order valence-electron chi connectivity index (χ0n) is 15.5. The smallest absolute Gasteiger partial charge is 0.251 e. The summed E-state index contributed by atoms with van der Waals surface area (Å²) in [7, 11) is 0. The van der Waals surface area contributed by atoms with Crippen molar-refractivity contribution >= 4 is 51.5 Å². The van der Waals surface area contributed by atoms with Gasteiger partial charge < -0.3 is 10.6 Å². The molecule has 3 rings (SSSR count). The van der Waals surface area contributed by atoms with Gasteiger partial charge in [0.2, 0.25) is 5.91 Å². The van der Waals surface area contributed by atoms with E-state index in [0.717, 1.165) is 10.8 Å². The Balaban J connectivity index is 1.75. The molecule has 6 heteroatoms. The quantitative estimate of drug-likeness (QED) is 0.575. The number of carbonyl (C=O) groups excluding carboxylic acids is 2. The van der Waals surface area contributed by atoms with E-state index >= 15 is 0 Å². The lowest BCUT2D eigenvalue weighted by molar-refractivity contribution is -0.118. The SMILES string of the molecule is CC(C)C(NC(=O)c1ccc(Cl)c(Cl)c1)C(=O)Nc1ccc2ccccc2c1. The maximum absolute atomic E-state index is 12.8. The highest BCUT2D eigenvalue weighted by molar-refractivity contribution is 6.42. The highest BCUT2D eigenvalue weighted by atomic mass is 35.5. The number of halogens is 2. The lowest BCUT2D eigenvalue weighted by Crippen LogP contribution is -2.47. The number of carbonyl (C=O) groups is 2. The Kier molecular flexibility index (Phi) is 6.22. The van der Waals surface area contributed by atoms with E-state index in [4.69, 9.17) is 23.2 Å². The number of rotatable bonds is 5. The molecule has 144 valence electrons. The summed E-state index contributed by atoms with van der Waals surface area (Å²) in [4.78, 5) is 25.4. The molecule has 0 fully saturated rings. The van der Waals surface area contributed by atoms with Crippen LogP contribution in [0, 0.1) is 5.92 Å². The summed E-state index contributed by atoms with van der Waals surface area (Å²) in [6.45, 7) is 3.75. The first-order valence-electron chi connectivity index (χ1n) is 8.91. The van der Waals surface area contributed by atoms with Crippen molar-refractivity contribution in [2.75, 3.05) is 5.32 Å². The Hall–Kier alpha value is -2.56. The monoisotopic (exact) mass is 414 g/mol. The van der Waals surface area contributed by atoms with Crippen molar-refractivity contribution in [2.24, 2.45) is 5.92 Å². The minimum absolute atomic E-state index is 0.104. The number of fused-ring (bicyclic) bond motifs is 1. The fourth-order valence-electron chi connectivity index (χ4n) is 2.88. The third-order valence-corrected chi connectivity index (χ3v) is 5.17. The van der Waals surface area contributed by atoms with Crippen molar-refractivity contribution in [3.63, 3.8) is 0 Å². The first kappa shape index (κ1) is 20.2. The molecule has 3 aromatic rings. The van der Waals surface area contributed by atoms with Gasteiger partial charge in [-0.2, -0.15) is 0 Å². The van der Waals surface area contributed by atoms with Crippen LogP contribution in [0.25, 0.3) is 10.8 Å². The Bertz CT molecular complexity index is 1030. The lowest BCUT2D eigenvalue weighted by atomic mass is 10.0. The second-order valence-electron chi connectivity index (χ2n) is 6.88. The summed E-state index contributed by atoms with van der Waals surface area (Å²) in [5, 5.41) is 8.45. The molecule has 2 amide bonds. The summed E-state index contributed by atoms with van der Waals surface area (Å²) >= 11 is 11.9. The second-order valence-corrected chi connectivity index (χ2v) is 7.69. The standard InChI is InChI=1S/C22H20Cl2N2O2/c1-13(2)20(26-21(27)16-8-10-18(23)19(24)12-16)22(28)25-17-9-7-14-5-3-4-6-15(14)11-17/h3-13,20H,1-2H3,(H,25,28)(H,26,27). The van der Waals surface area contributed by atoms with Gasteiger partial charge in [-0.25, -0.2) is 0 Å². The molecule has 0 bridgehead atoms. The van der Waals surface area contributed by atoms with Crippen molar-refractivity contribution in [1.82, 2.24) is 5.32 Å². The first-order valence-corrected chi connectivity index (χ1v) is 9.66. The van der Waals surface area contributed by atoms with Gasteiger partial charge in [0.1, 0.15) is 6.04 Å². The molecular weight excluding hydrogens is 395 g/mol. The molecule has 2 N–H and O–H groups in total. The van der Waals surface area contributed by atoms with Crippen LogP contribution >= 0.6 is 23.2 Å². The topological polar surface area (TPSA) is 58.2 Å². The van der Waals surface area contributed by atoms with E-state index < -0.39 is 6.04 Å². The van der Waals surface area contributed by atoms with Crippen molar-refractivity contribution in [1.29, 1.82) is 0 Å². The van der Waals surface area contributed by atoms with Crippen LogP contribution in [0.2, 0.25) is 10.0 Å². The van der Waals surface area contributed by atoms with Crippen LogP contribution in [-0.4, -0.2) is 17.9 Å². The van der Waals surface area contributed by atoms with Crippen LogP contribution in [0.3, 0.4) is 0 Å². The second kappa shape index (κ2) is 8.63. The molecule has 1 unspecified atom stereocenters. The molecule has 0 radical (unpaired) electrons. The van der Waals surface area contributed by atoms with E-state index in [1.807, 2.05) is 56.3 Å². The lowest BCUT2D eigenvalue weighted by Gasteiger charge is -2.22. The molecule has 0 heterocycles. The van der Waals surface area contributed by atoms with Gasteiger partial charge in [-0.1, -0.05) is 67.4 Å². The number of amides is 2. The van der Waals surface area contributed by atoms with Crippen molar-refractivity contribution in [3.05, 3.63) is 76.3 Å². The third kappa shape index (κ3) is 4.64. The van der Waals surface area contributed by atoms with E-state index in [0.29, 0.717) is 16.3 Å². The summed E-state index contributed by atoms with van der Waals surface area (Å²) in [5.74, 6) is -0.767. The molecule has 0 aliphatic carbocycles. The van der Waals surface area contributed by atoms with Gasteiger partial charge in [0, 0.05) is 11.3 Å². The van der Waals surface area contributed by atoms with E-state index in [2.05, 4.69) is 10.6 Å². The zero-order chi connectivity index (χ0) is 20.3. The van der Waals surface area contributed by atoms with Crippen LogP contribution in [0.5, 0.6) is 0 Å². The molecule has 28 heavy (non-hydrogen) atoms. The number of benzene rings is 3. The van der Waals surface area contributed by atoms with Crippen molar-refractivity contribution in [3.8, 4) is 0 Å². The van der Waals surface area contributed by atoms with E-state index in [1.54, 1.807) is 12.1 Å². The summed E-state index contributed by atoms with van der Waals surface area (Å²) < 4.78 is 0. The van der Waals surface area contributed by atoms with Gasteiger partial charge in [-0.05, 0) is 47.0 Å². The van der Waals surface area contributed by atoms with Gasteiger partial charge in [0.05, 0.1) is 10.0 Å². The van der Waals surface area contributed by atoms with Gasteiger partial charge in [0.25, 0.3) is 5.91 Å². The first-order chi connectivity index (χ1) is 13.3. The Morgan fingerprint density at radius 2 is 1.57 bits per heavy atom. The van der Waals surface area contributed by atoms with Crippen molar-refractivity contribution in [2.45, 2.75) is 19.9 Å². The number of hydrogen-bond donors (Lipinski definition) is 2. The largest absolute Gasteiger partial charge is 0.340 e. The molecule has 0 aliphatic heterocycles. The van der Waals surface area contributed by atoms with Gasteiger partial charge in [-0.3, -0.25) is 9.59 Å². The Morgan fingerprint density at radius 3 is 2.25 bits per heavy atom. The van der Waals surface area contributed by atoms with Gasteiger partial charge >= 0.3 is 0 Å². The van der Waals surface area contributed by atoms with E-state index in [9.17, 15) is 9.59 Å². The average Bonchev–Trinajstić information content (AvgIpc) is 2.67. The fraction of sp³-hybridized carbons (Fsp3) is 0.182. The summed E-state index contributed by atoms with van der Waals surface area (Å²) in [6, 6.07) is 17.5. The highest BCUT2D eigenvalue weighted by Crippen LogP contribution is 2.23. The maximum atomic E-state index is 12.8. The van der Waals surface area contributed by atoms with E-state index in [1.165, 1.54) is 6.07 Å². The molecular formula is C22H20Cl2N2O2. The zero-order valence-corrected chi connectivity index (χ0v) is 17.0. The van der Waals surface area contributed by atoms with Crippen molar-refractivity contribution < 1.29 is 9.59 Å². The average molecular weight is 415 g/mol. The van der Waals surface area contributed by atoms with Gasteiger partial charge in [-0.15, -0.1) is 0 Å². The van der Waals surface area contributed by atoms with Crippen LogP contribution in [-0.2, 0) is 4.79 Å². The van der Waals surface area contributed by atoms with Crippen LogP contribution < -0.4 is 10.6 Å². The van der Waals surface area contributed by atoms with Crippen LogP contribution in [0.15, 0.2) is 60.7 Å². The number of hydrogen-bond acceptors (Lipinski definition) is 2. The Labute approximate surface area is 173 Å². The third-order valence-electron chi connectivity index (χ3n) is 4.43. The summed E-state index contributed by atoms with van der Waals surface area (Å²) in [6.07, 6.45) is 0. The molecule has 0 saturated carbocycles. The van der Waals surface area contributed by atoms with E-state index in [-0.39, 0.29) is 22.8 Å². The minimum Gasteiger partial charge on any atom is -0.340 e. The molecule has 0 aliphatic rings. The number of nitrogens with one attached hydrogen (secondary N) is 2. The molecule has 3 aromatic carbocycles. The van der Waals surface area contributed by atoms with Crippen LogP contribution in [0.4, 0.5) is 5.69 Å². The molecule has 0 saturated heterocycles. The predicted octanol–water partition coefficient (Wildman–Crippen LogP) is 5.54. The molecule has 0 aromatic heterocycles. The predicted molar refractivity (Wildman–Crippen MR) is 115 cm³/mol. The van der Waals surface area contributed by atoms with Crippen LogP contribution in [0.1, 0.15) is 24.2 Å². The van der Waals surface area contributed by atoms with Gasteiger partial charge in [0.15, 0.2) is 0 Å². The minimum atomic E-state index is -0.701. The molecule has 1 atom stereocenters. The number of anilines is 1. The normalized spacial score (nSPS) is 12.0. The maximum Gasteiger partial charge on any atom is 0.251 e. The fourth-order valence-corrected chi connectivity index (χ4v) is 3.18. The molecule has 0 spiro atoms. The highest BCUT2D eigenvalue weighted by Gasteiger charge is 2.25. The molecule has 4 nitrogen and oxygen atoms in total. The Morgan fingerprint density at radius 1 is 0.857 bits per heavy atom. The summed E-state index contributed by atoms with van der Waals surface area (Å²) in [5.41, 5.74) is 1.02.